The average molecular weight is 276 g/mol. The highest BCUT2D eigenvalue weighted by atomic mass is 32.2. The van der Waals surface area contributed by atoms with Gasteiger partial charge in [0.05, 0.1) is 12.3 Å². The summed E-state index contributed by atoms with van der Waals surface area (Å²) in [4.78, 5) is 1.21. The topological polar surface area (TPSA) is 49.4 Å². The van der Waals surface area contributed by atoms with Crippen molar-refractivity contribution < 1.29 is 21.6 Å². The fraction of sp³-hybridized carbons (Fsp3) is 1.00. The van der Waals surface area contributed by atoms with Gasteiger partial charge in [-0.3, -0.25) is 4.90 Å². The maximum atomic E-state index is 12.2. The van der Waals surface area contributed by atoms with Crippen LogP contribution in [0.25, 0.3) is 0 Å². The molecule has 8 heteroatoms. The summed E-state index contributed by atoms with van der Waals surface area (Å²) in [6.07, 6.45) is -2.95. The van der Waals surface area contributed by atoms with E-state index in [4.69, 9.17) is 0 Å². The van der Waals surface area contributed by atoms with Gasteiger partial charge in [-0.15, -0.1) is 0 Å². The zero-order valence-corrected chi connectivity index (χ0v) is 10.9. The molecule has 0 aromatic heterocycles. The number of nitrogens with zero attached hydrogens (tertiary/aromatic N) is 1. The van der Waals surface area contributed by atoms with Gasteiger partial charge in [-0.25, -0.2) is 8.42 Å². The van der Waals surface area contributed by atoms with Gasteiger partial charge < -0.3 is 5.32 Å². The Hall–Kier alpha value is -0.340. The normalized spacial score (nSPS) is 13.3. The van der Waals surface area contributed by atoms with E-state index in [9.17, 15) is 21.6 Å². The molecule has 0 rings (SSSR count). The first-order chi connectivity index (χ1) is 7.64. The summed E-state index contributed by atoms with van der Waals surface area (Å²) in [5, 5.41) is 2.76. The average Bonchev–Trinajstić information content (AvgIpc) is 2.09. The molecule has 0 heterocycles. The van der Waals surface area contributed by atoms with E-state index in [1.165, 1.54) is 4.90 Å². The predicted molar refractivity (Wildman–Crippen MR) is 60.7 cm³/mol. The summed E-state index contributed by atoms with van der Waals surface area (Å²) in [6.45, 7) is -0.179. The fourth-order valence-electron chi connectivity index (χ4n) is 1.34. The van der Waals surface area contributed by atoms with E-state index < -0.39 is 22.6 Å². The molecule has 0 saturated heterocycles. The van der Waals surface area contributed by atoms with E-state index in [-0.39, 0.29) is 25.3 Å². The molecule has 0 unspecified atom stereocenters. The number of likely N-dealkylation sites (N-methyl/N-ethyl adjacent to an activating group) is 1. The summed E-state index contributed by atoms with van der Waals surface area (Å²) in [5.74, 6) is -0.0824. The Morgan fingerprint density at radius 2 is 1.82 bits per heavy atom. The van der Waals surface area contributed by atoms with Crippen LogP contribution in [0.2, 0.25) is 0 Å². The molecule has 0 atom stereocenters. The minimum atomic E-state index is -4.25. The number of alkyl halides is 3. The lowest BCUT2D eigenvalue weighted by molar-refractivity contribution is -0.145. The maximum absolute atomic E-state index is 12.2. The molecular weight excluding hydrogens is 257 g/mol. The van der Waals surface area contributed by atoms with Crippen molar-refractivity contribution in [3.63, 3.8) is 0 Å². The molecule has 4 nitrogen and oxygen atoms in total. The Kier molecular flexibility index (Phi) is 7.03. The van der Waals surface area contributed by atoms with Gasteiger partial charge in [0.2, 0.25) is 0 Å². The summed E-state index contributed by atoms with van der Waals surface area (Å²) in [6, 6.07) is 0. The third-order valence-electron chi connectivity index (χ3n) is 2.07. The van der Waals surface area contributed by atoms with Gasteiger partial charge >= 0.3 is 6.18 Å². The monoisotopic (exact) mass is 276 g/mol. The molecule has 0 aromatic rings. The second kappa shape index (κ2) is 7.17. The minimum Gasteiger partial charge on any atom is -0.318 e. The molecule has 0 saturated carbocycles. The van der Waals surface area contributed by atoms with Gasteiger partial charge in [-0.05, 0) is 20.0 Å². The Bertz CT molecular complexity index is 304. The predicted octanol–water partition coefficient (Wildman–Crippen LogP) is 0.505. The molecule has 0 aromatic carbocycles. The number of halogens is 3. The number of nitrogens with one attached hydrogen (secondary N) is 1. The Labute approximate surface area is 100 Å². The first-order valence-corrected chi connectivity index (χ1v) is 7.31. The molecule has 17 heavy (non-hydrogen) atoms. The molecule has 0 bridgehead atoms. The Morgan fingerprint density at radius 3 is 2.24 bits per heavy atom. The van der Waals surface area contributed by atoms with Crippen LogP contribution in [0.5, 0.6) is 0 Å². The van der Waals surface area contributed by atoms with Crippen LogP contribution in [-0.2, 0) is 9.84 Å². The van der Waals surface area contributed by atoms with Gasteiger partial charge in [-0.2, -0.15) is 13.2 Å². The lowest BCUT2D eigenvalue weighted by Crippen LogP contribution is -2.39. The van der Waals surface area contributed by atoms with E-state index >= 15 is 0 Å². The van der Waals surface area contributed by atoms with E-state index in [0.717, 1.165) is 6.26 Å². The van der Waals surface area contributed by atoms with Gasteiger partial charge in [0.1, 0.15) is 9.84 Å². The van der Waals surface area contributed by atoms with Crippen LogP contribution in [0.1, 0.15) is 6.42 Å². The quantitative estimate of drug-likeness (QED) is 0.701. The van der Waals surface area contributed by atoms with Gasteiger partial charge in [-0.1, -0.05) is 0 Å². The van der Waals surface area contributed by atoms with Crippen LogP contribution in [0.4, 0.5) is 13.2 Å². The Balaban J connectivity index is 4.10. The molecule has 0 amide bonds. The van der Waals surface area contributed by atoms with E-state index in [1.807, 2.05) is 0 Å². The smallest absolute Gasteiger partial charge is 0.318 e. The van der Waals surface area contributed by atoms with Crippen molar-refractivity contribution in [2.45, 2.75) is 12.6 Å². The summed E-state index contributed by atoms with van der Waals surface area (Å²) in [5.41, 5.74) is 0. The first kappa shape index (κ1) is 16.7. The third kappa shape index (κ3) is 11.9. The maximum Gasteiger partial charge on any atom is 0.401 e. The van der Waals surface area contributed by atoms with Gasteiger partial charge in [0.15, 0.2) is 0 Å². The first-order valence-electron chi connectivity index (χ1n) is 5.25. The summed E-state index contributed by atoms with van der Waals surface area (Å²) >= 11 is 0. The lowest BCUT2D eigenvalue weighted by Gasteiger charge is -2.23. The highest BCUT2D eigenvalue weighted by Gasteiger charge is 2.30. The number of rotatable bonds is 8. The SMILES string of the molecule is CNCCN(CCCS(C)(=O)=O)CC(F)(F)F. The molecule has 0 aliphatic carbocycles. The highest BCUT2D eigenvalue weighted by Crippen LogP contribution is 2.16. The fourth-order valence-corrected chi connectivity index (χ4v) is 2.00. The molecule has 0 aliphatic rings. The molecule has 0 fully saturated rings. The van der Waals surface area contributed by atoms with Crippen molar-refractivity contribution in [2.75, 3.05) is 45.2 Å². The van der Waals surface area contributed by atoms with Crippen molar-refractivity contribution in [3.05, 3.63) is 0 Å². The zero-order valence-electron chi connectivity index (χ0n) is 10.0. The van der Waals surface area contributed by atoms with Crippen LogP contribution in [0, 0.1) is 0 Å². The van der Waals surface area contributed by atoms with Crippen molar-refractivity contribution in [1.29, 1.82) is 0 Å². The second-order valence-corrected chi connectivity index (χ2v) is 6.24. The molecular formula is C9H19F3N2O2S. The van der Waals surface area contributed by atoms with Crippen molar-refractivity contribution in [2.24, 2.45) is 0 Å². The zero-order chi connectivity index (χ0) is 13.5. The van der Waals surface area contributed by atoms with Crippen LogP contribution in [-0.4, -0.2) is 64.7 Å². The Morgan fingerprint density at radius 1 is 1.24 bits per heavy atom. The summed E-state index contributed by atoms with van der Waals surface area (Å²) in [7, 11) is -1.45. The van der Waals surface area contributed by atoms with E-state index in [2.05, 4.69) is 5.32 Å². The summed E-state index contributed by atoms with van der Waals surface area (Å²) < 4.78 is 58.4. The van der Waals surface area contributed by atoms with Crippen LogP contribution in [0.3, 0.4) is 0 Å². The molecule has 0 aliphatic heterocycles. The van der Waals surface area contributed by atoms with E-state index in [0.29, 0.717) is 6.54 Å². The third-order valence-corrected chi connectivity index (χ3v) is 3.10. The molecule has 0 radical (unpaired) electrons. The van der Waals surface area contributed by atoms with Crippen molar-refractivity contribution in [1.82, 2.24) is 10.2 Å². The van der Waals surface area contributed by atoms with Gasteiger partial charge in [0, 0.05) is 19.3 Å². The number of sulfone groups is 1. The second-order valence-electron chi connectivity index (χ2n) is 3.98. The lowest BCUT2D eigenvalue weighted by atomic mass is 10.4. The largest absolute Gasteiger partial charge is 0.401 e. The van der Waals surface area contributed by atoms with Crippen molar-refractivity contribution >= 4 is 9.84 Å². The van der Waals surface area contributed by atoms with Crippen molar-refractivity contribution in [3.8, 4) is 0 Å². The van der Waals surface area contributed by atoms with Crippen LogP contribution < -0.4 is 5.32 Å². The number of hydrogen-bond acceptors (Lipinski definition) is 4. The minimum absolute atomic E-state index is 0.0824. The molecule has 104 valence electrons. The highest BCUT2D eigenvalue weighted by molar-refractivity contribution is 7.90. The van der Waals surface area contributed by atoms with E-state index in [1.54, 1.807) is 7.05 Å². The number of hydrogen-bond donors (Lipinski definition) is 1. The molecule has 0 spiro atoms. The van der Waals surface area contributed by atoms with Gasteiger partial charge in [0.25, 0.3) is 0 Å². The van der Waals surface area contributed by atoms with Crippen LogP contribution >= 0.6 is 0 Å². The molecule has 1 N–H and O–H groups in total. The van der Waals surface area contributed by atoms with Crippen LogP contribution in [0.15, 0.2) is 0 Å². The standard InChI is InChI=1S/C9H19F3N2O2S/c1-13-4-6-14(8-9(10,11)12)5-3-7-17(2,15)16/h13H,3-8H2,1-2H3.